The van der Waals surface area contributed by atoms with Crippen molar-refractivity contribution in [2.45, 2.75) is 82.0 Å². The smallest absolute Gasteiger partial charge is 0.243 e. The summed E-state index contributed by atoms with van der Waals surface area (Å²) in [5.41, 5.74) is 3.48. The number of amides is 5. The highest BCUT2D eigenvalue weighted by molar-refractivity contribution is 6.04. The summed E-state index contributed by atoms with van der Waals surface area (Å²) in [6, 6.07) is 24.5. The quantitative estimate of drug-likeness (QED) is 0.174. The van der Waals surface area contributed by atoms with Crippen LogP contribution >= 0.6 is 0 Å². The molecule has 0 bridgehead atoms. The third kappa shape index (κ3) is 9.84. The van der Waals surface area contributed by atoms with E-state index in [1.807, 2.05) is 91.1 Å². The largest absolute Gasteiger partial charge is 0.361 e. The number of hydrogen-bond acceptors (Lipinski definition) is 6. The number of aromatic amines is 1. The molecule has 4 heterocycles. The lowest BCUT2D eigenvalue weighted by atomic mass is 9.96. The molecular weight excluding hydrogens is 707 g/mol. The zero-order chi connectivity index (χ0) is 38.9. The molecule has 4 atom stereocenters. The second kappa shape index (κ2) is 18.4. The van der Waals surface area contributed by atoms with Crippen LogP contribution in [0, 0.1) is 5.92 Å². The van der Waals surface area contributed by atoms with Gasteiger partial charge in [0.05, 0.1) is 6.04 Å². The summed E-state index contributed by atoms with van der Waals surface area (Å²) >= 11 is 0. The molecular formula is C44H53N7O5. The van der Waals surface area contributed by atoms with E-state index in [0.717, 1.165) is 53.5 Å². The van der Waals surface area contributed by atoms with Crippen LogP contribution in [0.15, 0.2) is 91.1 Å². The normalized spacial score (nSPS) is 23.8. The van der Waals surface area contributed by atoms with Gasteiger partial charge in [0.15, 0.2) is 0 Å². The first-order valence-electron chi connectivity index (χ1n) is 20.1. The van der Waals surface area contributed by atoms with Gasteiger partial charge in [-0.25, -0.2) is 0 Å². The number of fused-ring (bicyclic) bond motifs is 1. The topological polar surface area (TPSA) is 156 Å². The van der Waals surface area contributed by atoms with E-state index < -0.39 is 60.0 Å². The molecule has 1 unspecified atom stereocenters. The molecule has 12 heteroatoms. The Hall–Kier alpha value is -5.49. The van der Waals surface area contributed by atoms with Crippen molar-refractivity contribution in [2.24, 2.45) is 5.92 Å². The van der Waals surface area contributed by atoms with Gasteiger partial charge >= 0.3 is 0 Å². The highest BCUT2D eigenvalue weighted by Crippen LogP contribution is 2.24. The Morgan fingerprint density at radius 2 is 1.27 bits per heavy atom. The lowest BCUT2D eigenvalue weighted by Crippen LogP contribution is -2.59. The summed E-state index contributed by atoms with van der Waals surface area (Å²) in [6.45, 7) is 3.19. The number of nitrogens with one attached hydrogen (secondary N) is 5. The number of rotatable bonds is 8. The Morgan fingerprint density at radius 1 is 0.643 bits per heavy atom. The van der Waals surface area contributed by atoms with Gasteiger partial charge in [-0.3, -0.25) is 24.0 Å². The zero-order valence-electron chi connectivity index (χ0n) is 31.9. The second-order valence-electron chi connectivity index (χ2n) is 15.5. The molecule has 3 aromatic carbocycles. The number of likely N-dealkylation sites (tertiary alicyclic amines) is 2. The van der Waals surface area contributed by atoms with Crippen LogP contribution in [0.25, 0.3) is 10.9 Å². The van der Waals surface area contributed by atoms with E-state index in [1.54, 1.807) is 4.90 Å². The monoisotopic (exact) mass is 759 g/mol. The maximum absolute atomic E-state index is 14.3. The molecule has 56 heavy (non-hydrogen) atoms. The average Bonchev–Trinajstić information content (AvgIpc) is 3.64. The Bertz CT molecular complexity index is 1970. The molecule has 4 aromatic rings. The van der Waals surface area contributed by atoms with Crippen LogP contribution in [0.2, 0.25) is 0 Å². The minimum absolute atomic E-state index is 0.0249. The van der Waals surface area contributed by atoms with Crippen LogP contribution in [-0.2, 0) is 43.2 Å². The van der Waals surface area contributed by atoms with Crippen LogP contribution < -0.4 is 21.3 Å². The summed E-state index contributed by atoms with van der Waals surface area (Å²) in [7, 11) is 0. The number of aromatic nitrogens is 1. The lowest BCUT2D eigenvalue weighted by Gasteiger charge is -2.40. The molecule has 12 nitrogen and oxygen atoms in total. The van der Waals surface area contributed by atoms with Crippen LogP contribution in [0.3, 0.4) is 0 Å². The number of benzene rings is 3. The highest BCUT2D eigenvalue weighted by Gasteiger charge is 2.38. The third-order valence-electron chi connectivity index (χ3n) is 11.5. The first kappa shape index (κ1) is 38.8. The van der Waals surface area contributed by atoms with Gasteiger partial charge in [-0.15, -0.1) is 0 Å². The van der Waals surface area contributed by atoms with E-state index in [9.17, 15) is 24.0 Å². The fourth-order valence-electron chi connectivity index (χ4n) is 8.47. The molecule has 3 fully saturated rings. The summed E-state index contributed by atoms with van der Waals surface area (Å²) in [4.78, 5) is 78.4. The summed E-state index contributed by atoms with van der Waals surface area (Å²) in [5, 5.41) is 12.8. The minimum Gasteiger partial charge on any atom is -0.361 e. The molecule has 5 amide bonds. The number of H-pyrrole nitrogens is 1. The first-order chi connectivity index (χ1) is 27.3. The van der Waals surface area contributed by atoms with E-state index in [0.29, 0.717) is 25.6 Å². The number of piperidine rings is 2. The van der Waals surface area contributed by atoms with Gasteiger partial charge < -0.3 is 36.1 Å². The SMILES string of the molecule is O=C1CC(C(=O)N2CCC(N3CCCCC3)CC2)C(=O)NC[C@H](Cc2ccccc2)NC(=O)[C@H](Cc2ccccc2)NC(=O)[C@H](Cc2c[nH]c3ccccc23)N1. The van der Waals surface area contributed by atoms with E-state index >= 15 is 0 Å². The summed E-state index contributed by atoms with van der Waals surface area (Å²) in [6.07, 6.45) is 7.37. The third-order valence-corrected chi connectivity index (χ3v) is 11.5. The van der Waals surface area contributed by atoms with Crippen molar-refractivity contribution in [3.05, 3.63) is 108 Å². The van der Waals surface area contributed by atoms with E-state index in [4.69, 9.17) is 0 Å². The van der Waals surface area contributed by atoms with Gasteiger partial charge in [0.2, 0.25) is 29.5 Å². The standard InChI is InChI=1S/C44H53N7O5/c52-40-27-36(44(56)51-22-18-34(19-23-51)50-20-10-3-11-21-50)41(53)46-29-33(24-30-12-4-1-5-13-30)47-42(54)38(25-31-14-6-2-7-15-31)49-43(55)39(48-40)26-32-28-45-37-17-9-8-16-35(32)37/h1-2,4-9,12-17,28,33-34,36,38-39,45H,3,10-11,18-27,29H2,(H,46,53)(H,47,54)(H,48,52)(H,49,55)/t33-,36?,38-,39-/m0/s1. The molecule has 3 aliphatic heterocycles. The average molecular weight is 760 g/mol. The second-order valence-corrected chi connectivity index (χ2v) is 15.5. The Labute approximate surface area is 328 Å². The molecule has 0 aliphatic carbocycles. The number of nitrogens with zero attached hydrogens (tertiary/aromatic N) is 2. The van der Waals surface area contributed by atoms with Crippen molar-refractivity contribution >= 4 is 40.4 Å². The fraction of sp³-hybridized carbons (Fsp3) is 0.432. The minimum atomic E-state index is -1.31. The van der Waals surface area contributed by atoms with E-state index in [2.05, 4.69) is 31.2 Å². The van der Waals surface area contributed by atoms with Gasteiger partial charge in [0.25, 0.3) is 0 Å². The van der Waals surface area contributed by atoms with Crippen LogP contribution in [0.5, 0.6) is 0 Å². The number of carbonyl (C=O) groups is 5. The zero-order valence-corrected chi connectivity index (χ0v) is 31.9. The first-order valence-corrected chi connectivity index (χ1v) is 20.1. The number of hydrogen-bond donors (Lipinski definition) is 5. The van der Waals surface area contributed by atoms with Crippen LogP contribution in [-0.4, -0.2) is 101 Å². The molecule has 3 saturated heterocycles. The molecule has 0 spiro atoms. The lowest BCUT2D eigenvalue weighted by molar-refractivity contribution is -0.146. The van der Waals surface area contributed by atoms with Crippen molar-refractivity contribution < 1.29 is 24.0 Å². The van der Waals surface area contributed by atoms with Gasteiger partial charge in [-0.1, -0.05) is 85.3 Å². The fourth-order valence-corrected chi connectivity index (χ4v) is 8.47. The van der Waals surface area contributed by atoms with Crippen LogP contribution in [0.4, 0.5) is 0 Å². The molecule has 3 aliphatic rings. The van der Waals surface area contributed by atoms with Gasteiger partial charge in [0, 0.05) is 62.0 Å². The molecule has 5 N–H and O–H groups in total. The van der Waals surface area contributed by atoms with Crippen molar-refractivity contribution in [1.82, 2.24) is 36.1 Å². The van der Waals surface area contributed by atoms with Crippen molar-refractivity contribution in [2.75, 3.05) is 32.7 Å². The van der Waals surface area contributed by atoms with Crippen molar-refractivity contribution in [3.8, 4) is 0 Å². The summed E-state index contributed by atoms with van der Waals surface area (Å²) < 4.78 is 0. The molecule has 0 saturated carbocycles. The van der Waals surface area contributed by atoms with E-state index in [-0.39, 0.29) is 19.4 Å². The maximum atomic E-state index is 14.3. The molecule has 7 rings (SSSR count). The molecule has 294 valence electrons. The van der Waals surface area contributed by atoms with E-state index in [1.165, 1.54) is 19.3 Å². The van der Waals surface area contributed by atoms with Crippen molar-refractivity contribution in [1.29, 1.82) is 0 Å². The Morgan fingerprint density at radius 3 is 1.98 bits per heavy atom. The Balaban J connectivity index is 1.17. The summed E-state index contributed by atoms with van der Waals surface area (Å²) in [5.74, 6) is -3.83. The predicted molar refractivity (Wildman–Crippen MR) is 214 cm³/mol. The number of para-hydroxylation sites is 1. The Kier molecular flexibility index (Phi) is 12.8. The van der Waals surface area contributed by atoms with Gasteiger partial charge in [-0.2, -0.15) is 0 Å². The molecule has 0 radical (unpaired) electrons. The van der Waals surface area contributed by atoms with Gasteiger partial charge in [0.1, 0.15) is 18.0 Å². The predicted octanol–water partition coefficient (Wildman–Crippen LogP) is 3.26. The molecule has 1 aromatic heterocycles. The maximum Gasteiger partial charge on any atom is 0.243 e. The van der Waals surface area contributed by atoms with Gasteiger partial charge in [-0.05, 0) is 68.0 Å². The highest BCUT2D eigenvalue weighted by atomic mass is 16.2. The van der Waals surface area contributed by atoms with Crippen LogP contribution in [0.1, 0.15) is 55.2 Å². The number of carbonyl (C=O) groups excluding carboxylic acids is 5. The van der Waals surface area contributed by atoms with Crippen molar-refractivity contribution in [3.63, 3.8) is 0 Å².